The van der Waals surface area contributed by atoms with Crippen LogP contribution in [0.3, 0.4) is 0 Å². The molecule has 0 aliphatic carbocycles. The van der Waals surface area contributed by atoms with E-state index < -0.39 is 0 Å². The minimum absolute atomic E-state index is 0.106. The Hall–Kier alpha value is -0.930. The quantitative estimate of drug-likeness (QED) is 0.797. The molecular formula is C15H24ClNO2. The molecule has 1 unspecified atom stereocenters. The number of benzene rings is 1. The molecule has 0 saturated heterocycles. The van der Waals surface area contributed by atoms with Gasteiger partial charge in [0.25, 0.3) is 0 Å². The molecule has 4 heteroatoms. The first-order chi connectivity index (χ1) is 8.90. The smallest absolute Gasteiger partial charge is 0.138 e. The molecule has 0 aromatic heterocycles. The van der Waals surface area contributed by atoms with Crippen molar-refractivity contribution in [3.8, 4) is 5.75 Å². The van der Waals surface area contributed by atoms with E-state index in [9.17, 15) is 5.11 Å². The Bertz CT molecular complexity index is 403. The van der Waals surface area contributed by atoms with Gasteiger partial charge < -0.3 is 15.2 Å². The molecule has 0 heterocycles. The lowest BCUT2D eigenvalue weighted by Gasteiger charge is -2.26. The van der Waals surface area contributed by atoms with Gasteiger partial charge in [0, 0.05) is 17.6 Å². The van der Waals surface area contributed by atoms with Crippen molar-refractivity contribution < 1.29 is 9.84 Å². The van der Waals surface area contributed by atoms with Crippen molar-refractivity contribution >= 4 is 17.3 Å². The zero-order chi connectivity index (χ0) is 14.5. The van der Waals surface area contributed by atoms with Crippen LogP contribution in [0.1, 0.15) is 34.1 Å². The average molecular weight is 286 g/mol. The number of halogens is 1. The lowest BCUT2D eigenvalue weighted by Crippen LogP contribution is -2.29. The van der Waals surface area contributed by atoms with Gasteiger partial charge in [-0.1, -0.05) is 25.4 Å². The van der Waals surface area contributed by atoms with E-state index in [2.05, 4.69) is 19.2 Å². The molecule has 1 aromatic rings. The van der Waals surface area contributed by atoms with Gasteiger partial charge in [0.1, 0.15) is 5.75 Å². The molecule has 0 radical (unpaired) electrons. The fourth-order valence-electron chi connectivity index (χ4n) is 1.57. The van der Waals surface area contributed by atoms with E-state index in [0.29, 0.717) is 17.3 Å². The summed E-state index contributed by atoms with van der Waals surface area (Å²) in [5.74, 6) is 0.697. The van der Waals surface area contributed by atoms with Crippen LogP contribution in [0.4, 0.5) is 5.69 Å². The van der Waals surface area contributed by atoms with Crippen molar-refractivity contribution in [3.05, 3.63) is 23.2 Å². The molecule has 0 amide bonds. The van der Waals surface area contributed by atoms with Crippen LogP contribution >= 0.6 is 11.6 Å². The zero-order valence-electron chi connectivity index (χ0n) is 12.2. The van der Waals surface area contributed by atoms with Gasteiger partial charge >= 0.3 is 0 Å². The third kappa shape index (κ3) is 4.92. The topological polar surface area (TPSA) is 41.5 Å². The van der Waals surface area contributed by atoms with Crippen molar-refractivity contribution in [2.75, 3.05) is 18.5 Å². The highest BCUT2D eigenvalue weighted by Gasteiger charge is 2.20. The fraction of sp³-hybridized carbons (Fsp3) is 0.600. The van der Waals surface area contributed by atoms with E-state index in [1.165, 1.54) is 0 Å². The van der Waals surface area contributed by atoms with Crippen LogP contribution in [-0.2, 0) is 0 Å². The highest BCUT2D eigenvalue weighted by atomic mass is 35.5. The second-order valence-corrected chi connectivity index (χ2v) is 5.89. The molecule has 0 saturated carbocycles. The number of hydrogen-bond donors (Lipinski definition) is 2. The van der Waals surface area contributed by atoms with Crippen LogP contribution in [0.5, 0.6) is 5.75 Å². The van der Waals surface area contributed by atoms with E-state index in [-0.39, 0.29) is 18.1 Å². The maximum atomic E-state index is 9.38. The Morgan fingerprint density at radius 1 is 1.42 bits per heavy atom. The Labute approximate surface area is 120 Å². The first kappa shape index (κ1) is 16.1. The van der Waals surface area contributed by atoms with Crippen LogP contribution in [0.25, 0.3) is 0 Å². The number of rotatable bonds is 7. The number of anilines is 1. The van der Waals surface area contributed by atoms with Crippen LogP contribution in [0.2, 0.25) is 5.02 Å². The van der Waals surface area contributed by atoms with Crippen molar-refractivity contribution in [2.45, 2.75) is 40.2 Å². The molecule has 0 spiro atoms. The third-order valence-corrected chi connectivity index (χ3v) is 3.54. The summed E-state index contributed by atoms with van der Waals surface area (Å²) in [6.45, 7) is 8.94. The normalized spacial score (nSPS) is 14.3. The number of ether oxygens (including phenoxy) is 1. The monoisotopic (exact) mass is 285 g/mol. The molecule has 0 aliphatic rings. The van der Waals surface area contributed by atoms with Gasteiger partial charge in [0.2, 0.25) is 0 Å². The van der Waals surface area contributed by atoms with Gasteiger partial charge in [-0.2, -0.15) is 0 Å². The van der Waals surface area contributed by atoms with Crippen molar-refractivity contribution in [3.63, 3.8) is 0 Å². The van der Waals surface area contributed by atoms with Gasteiger partial charge in [0.15, 0.2) is 0 Å². The van der Waals surface area contributed by atoms with Crippen molar-refractivity contribution in [1.82, 2.24) is 0 Å². The zero-order valence-corrected chi connectivity index (χ0v) is 12.9. The molecular weight excluding hydrogens is 262 g/mol. The molecule has 19 heavy (non-hydrogen) atoms. The van der Waals surface area contributed by atoms with Crippen molar-refractivity contribution in [2.24, 2.45) is 5.41 Å². The van der Waals surface area contributed by atoms with E-state index in [0.717, 1.165) is 12.1 Å². The largest absolute Gasteiger partial charge is 0.489 e. The van der Waals surface area contributed by atoms with Gasteiger partial charge in [-0.05, 0) is 38.5 Å². The summed E-state index contributed by atoms with van der Waals surface area (Å²) in [7, 11) is 0. The lowest BCUT2D eigenvalue weighted by atomic mass is 9.88. The van der Waals surface area contributed by atoms with Crippen LogP contribution in [-0.4, -0.2) is 24.4 Å². The molecule has 1 aromatic carbocycles. The second kappa shape index (κ2) is 7.01. The summed E-state index contributed by atoms with van der Waals surface area (Å²) in [6.07, 6.45) is 1.02. The Balaban J connectivity index is 2.68. The predicted octanol–water partition coefficient (Wildman–Crippen LogP) is 3.95. The Kier molecular flexibility index (Phi) is 5.95. The molecule has 1 atom stereocenters. The van der Waals surface area contributed by atoms with Crippen LogP contribution in [0, 0.1) is 5.41 Å². The van der Waals surface area contributed by atoms with Gasteiger partial charge in [-0.25, -0.2) is 0 Å². The summed E-state index contributed by atoms with van der Waals surface area (Å²) in [4.78, 5) is 0. The standard InChI is InChI=1S/C15H24ClNO2/c1-5-15(4,10-18)9-17-12-6-7-14(13(16)8-12)19-11(2)3/h6-8,11,17-18H,5,9-10H2,1-4H3. The highest BCUT2D eigenvalue weighted by Crippen LogP contribution is 2.29. The predicted molar refractivity (Wildman–Crippen MR) is 81.2 cm³/mol. The fourth-order valence-corrected chi connectivity index (χ4v) is 1.79. The number of aliphatic hydroxyl groups is 1. The summed E-state index contributed by atoms with van der Waals surface area (Å²) < 4.78 is 5.59. The second-order valence-electron chi connectivity index (χ2n) is 5.49. The minimum atomic E-state index is -0.112. The average Bonchev–Trinajstić information content (AvgIpc) is 2.38. The van der Waals surface area contributed by atoms with Crippen molar-refractivity contribution in [1.29, 1.82) is 0 Å². The van der Waals surface area contributed by atoms with E-state index in [1.807, 2.05) is 32.0 Å². The first-order valence-electron chi connectivity index (χ1n) is 6.71. The van der Waals surface area contributed by atoms with Crippen LogP contribution < -0.4 is 10.1 Å². The molecule has 108 valence electrons. The lowest BCUT2D eigenvalue weighted by molar-refractivity contribution is 0.149. The molecule has 3 nitrogen and oxygen atoms in total. The number of aliphatic hydroxyl groups excluding tert-OH is 1. The SMILES string of the molecule is CCC(C)(CO)CNc1ccc(OC(C)C)c(Cl)c1. The first-order valence-corrected chi connectivity index (χ1v) is 7.09. The summed E-state index contributed by atoms with van der Waals surface area (Å²) in [5, 5.41) is 13.3. The molecule has 1 rings (SSSR count). The number of nitrogens with one attached hydrogen (secondary N) is 1. The number of hydrogen-bond acceptors (Lipinski definition) is 3. The molecule has 0 fully saturated rings. The van der Waals surface area contributed by atoms with Crippen LogP contribution in [0.15, 0.2) is 18.2 Å². The van der Waals surface area contributed by atoms with E-state index >= 15 is 0 Å². The Morgan fingerprint density at radius 3 is 2.58 bits per heavy atom. The molecule has 0 aliphatic heterocycles. The van der Waals surface area contributed by atoms with E-state index in [1.54, 1.807) is 0 Å². The van der Waals surface area contributed by atoms with Gasteiger partial charge in [0.05, 0.1) is 17.7 Å². The molecule has 2 N–H and O–H groups in total. The van der Waals surface area contributed by atoms with Gasteiger partial charge in [-0.15, -0.1) is 0 Å². The maximum Gasteiger partial charge on any atom is 0.138 e. The highest BCUT2D eigenvalue weighted by molar-refractivity contribution is 6.32. The summed E-state index contributed by atoms with van der Waals surface area (Å²) in [5.41, 5.74) is 0.828. The summed E-state index contributed by atoms with van der Waals surface area (Å²) in [6, 6.07) is 5.66. The molecule has 0 bridgehead atoms. The summed E-state index contributed by atoms with van der Waals surface area (Å²) >= 11 is 6.18. The Morgan fingerprint density at radius 2 is 2.11 bits per heavy atom. The van der Waals surface area contributed by atoms with E-state index in [4.69, 9.17) is 16.3 Å². The maximum absolute atomic E-state index is 9.38. The third-order valence-electron chi connectivity index (χ3n) is 3.25. The van der Waals surface area contributed by atoms with Gasteiger partial charge in [-0.3, -0.25) is 0 Å². The minimum Gasteiger partial charge on any atom is -0.489 e.